The minimum atomic E-state index is -3.42. The first-order valence-corrected chi connectivity index (χ1v) is 16.3. The van der Waals surface area contributed by atoms with Crippen LogP contribution in [0.3, 0.4) is 0 Å². The molecule has 0 saturated carbocycles. The van der Waals surface area contributed by atoms with Crippen LogP contribution in [0.25, 0.3) is 33.1 Å². The van der Waals surface area contributed by atoms with E-state index >= 15 is 0 Å². The number of nitrogens with two attached hydrogens (primary N) is 1. The summed E-state index contributed by atoms with van der Waals surface area (Å²) in [5.41, 5.74) is 8.99. The molecule has 1 saturated heterocycles. The van der Waals surface area contributed by atoms with Crippen molar-refractivity contribution in [2.75, 3.05) is 25.4 Å². The lowest BCUT2D eigenvalue weighted by molar-refractivity contribution is -0.130. The second-order valence-corrected chi connectivity index (χ2v) is 13.0. The number of para-hydroxylation sites is 2. The van der Waals surface area contributed by atoms with Crippen LogP contribution in [-0.4, -0.2) is 72.3 Å². The number of nitrogens with zero attached hydrogens (tertiary/aromatic N) is 3. The molecule has 0 aliphatic carbocycles. The van der Waals surface area contributed by atoms with Crippen LogP contribution in [0.5, 0.6) is 0 Å². The normalized spacial score (nSPS) is 15.0. The van der Waals surface area contributed by atoms with Crippen LogP contribution in [0.2, 0.25) is 0 Å². The molecule has 1 aliphatic heterocycles. The highest BCUT2D eigenvalue weighted by atomic mass is 32.2. The Kier molecular flexibility index (Phi) is 8.42. The smallest absolute Gasteiger partial charge is 0.266 e. The highest BCUT2D eigenvalue weighted by molar-refractivity contribution is 7.91. The fourth-order valence-electron chi connectivity index (χ4n) is 5.58. The van der Waals surface area contributed by atoms with Crippen molar-refractivity contribution in [2.24, 2.45) is 5.73 Å². The second-order valence-electron chi connectivity index (χ2n) is 10.9. The van der Waals surface area contributed by atoms with Crippen LogP contribution in [0.15, 0.2) is 88.3 Å². The largest absolute Gasteiger partial charge is 0.434 e. The van der Waals surface area contributed by atoms with E-state index in [-0.39, 0.29) is 34.8 Å². The fraction of sp³-hybridized carbons (Fsp3) is 0.242. The molecule has 2 aromatic heterocycles. The third-order valence-corrected chi connectivity index (χ3v) is 9.75. The Morgan fingerprint density at radius 2 is 1.76 bits per heavy atom. The Labute approximate surface area is 259 Å². The van der Waals surface area contributed by atoms with Crippen molar-refractivity contribution in [3.8, 4) is 11.1 Å². The first-order valence-electron chi connectivity index (χ1n) is 14.6. The van der Waals surface area contributed by atoms with Crippen molar-refractivity contribution < 1.29 is 27.2 Å². The number of carbonyl (C=O) groups excluding carboxylic acids is 3. The summed E-state index contributed by atoms with van der Waals surface area (Å²) in [6.45, 7) is 0.395. The van der Waals surface area contributed by atoms with E-state index in [2.05, 4.69) is 15.3 Å². The van der Waals surface area contributed by atoms with E-state index in [0.717, 1.165) is 11.1 Å². The summed E-state index contributed by atoms with van der Waals surface area (Å²) >= 11 is 0. The lowest BCUT2D eigenvalue weighted by atomic mass is 10.0. The first-order chi connectivity index (χ1) is 21.7. The number of amides is 2. The predicted molar refractivity (Wildman–Crippen MR) is 168 cm³/mol. The lowest BCUT2D eigenvalue weighted by Crippen LogP contribution is -2.45. The number of oxazole rings is 1. The highest BCUT2D eigenvalue weighted by Crippen LogP contribution is 2.28. The number of carbonyl (C=O) groups is 3. The van der Waals surface area contributed by atoms with Gasteiger partial charge in [-0.1, -0.05) is 30.3 Å². The van der Waals surface area contributed by atoms with Gasteiger partial charge < -0.3 is 20.4 Å². The summed E-state index contributed by atoms with van der Waals surface area (Å²) in [5, 5.41) is 3.28. The zero-order valence-corrected chi connectivity index (χ0v) is 25.1. The Morgan fingerprint density at radius 1 is 0.978 bits per heavy atom. The number of fused-ring (bicyclic) bond motifs is 2. The molecular weight excluding hydrogens is 594 g/mol. The average Bonchev–Trinajstić information content (AvgIpc) is 3.73. The molecule has 1 fully saturated rings. The topological polar surface area (TPSA) is 166 Å². The Balaban J connectivity index is 1.16. The molecule has 3 N–H and O–H groups in total. The maximum atomic E-state index is 13.3. The summed E-state index contributed by atoms with van der Waals surface area (Å²) in [4.78, 5) is 50.1. The molecule has 0 bridgehead atoms. The summed E-state index contributed by atoms with van der Waals surface area (Å²) in [6, 6.07) is 20.0. The van der Waals surface area contributed by atoms with E-state index in [0.29, 0.717) is 59.9 Å². The lowest BCUT2D eigenvalue weighted by Gasteiger charge is -2.22. The number of ketones is 1. The van der Waals surface area contributed by atoms with Gasteiger partial charge in [0, 0.05) is 18.1 Å². The summed E-state index contributed by atoms with van der Waals surface area (Å²) in [6.07, 6.45) is 3.04. The maximum absolute atomic E-state index is 13.3. The van der Waals surface area contributed by atoms with Crippen molar-refractivity contribution in [1.29, 1.82) is 0 Å². The van der Waals surface area contributed by atoms with Gasteiger partial charge in [0.25, 0.3) is 11.8 Å². The zero-order chi connectivity index (χ0) is 31.6. The minimum Gasteiger partial charge on any atom is -0.434 e. The van der Waals surface area contributed by atoms with Gasteiger partial charge in [0.05, 0.1) is 28.3 Å². The molecule has 2 amide bonds. The van der Waals surface area contributed by atoms with Crippen LogP contribution >= 0.6 is 0 Å². The number of rotatable bonds is 10. The van der Waals surface area contributed by atoms with E-state index in [1.54, 1.807) is 60.7 Å². The summed E-state index contributed by atoms with van der Waals surface area (Å²) in [5.74, 6) is -1.26. The van der Waals surface area contributed by atoms with Gasteiger partial charge in [0.15, 0.2) is 15.4 Å². The van der Waals surface area contributed by atoms with Crippen molar-refractivity contribution in [3.05, 3.63) is 90.4 Å². The van der Waals surface area contributed by atoms with Crippen molar-refractivity contribution in [2.45, 2.75) is 30.2 Å². The van der Waals surface area contributed by atoms with Crippen LogP contribution in [-0.2, 0) is 14.6 Å². The number of likely N-dealkylation sites (tertiary alicyclic amines) is 1. The second kappa shape index (κ2) is 12.6. The Bertz CT molecular complexity index is 1990. The molecule has 45 heavy (non-hydrogen) atoms. The van der Waals surface area contributed by atoms with Gasteiger partial charge in [-0.15, -0.1) is 0 Å². The van der Waals surface area contributed by atoms with Crippen LogP contribution in [0.1, 0.15) is 40.3 Å². The van der Waals surface area contributed by atoms with Gasteiger partial charge in [-0.05, 0) is 79.4 Å². The van der Waals surface area contributed by atoms with Gasteiger partial charge in [0.1, 0.15) is 11.6 Å². The Morgan fingerprint density at radius 3 is 2.53 bits per heavy atom. The van der Waals surface area contributed by atoms with E-state index in [4.69, 9.17) is 10.2 Å². The molecule has 0 radical (unpaired) electrons. The molecule has 12 heteroatoms. The monoisotopic (exact) mass is 625 g/mol. The van der Waals surface area contributed by atoms with Gasteiger partial charge >= 0.3 is 0 Å². The quantitative estimate of drug-likeness (QED) is 0.220. The number of benzene rings is 3. The minimum absolute atomic E-state index is 0.0152. The van der Waals surface area contributed by atoms with E-state index in [1.165, 1.54) is 11.1 Å². The molecule has 5 aromatic rings. The van der Waals surface area contributed by atoms with Gasteiger partial charge in [-0.3, -0.25) is 19.4 Å². The summed E-state index contributed by atoms with van der Waals surface area (Å²) < 4.78 is 30.7. The number of sulfone groups is 1. The SMILES string of the molecule is NCCCS(=O)(=O)c1ccc(-c2ccc3nccc(C(=O)NCC(=O)N4CCC[C@H]4C(=O)c4nc5ccccc5o4)c3c2)cc1. The molecular formula is C33H31N5O6S. The van der Waals surface area contributed by atoms with Gasteiger partial charge in [-0.25, -0.2) is 13.4 Å². The fourth-order valence-corrected chi connectivity index (χ4v) is 6.91. The third kappa shape index (κ3) is 6.19. The number of hydrogen-bond acceptors (Lipinski definition) is 9. The first kappa shape index (κ1) is 30.1. The third-order valence-electron chi connectivity index (χ3n) is 7.93. The molecule has 1 aliphatic rings. The molecule has 3 heterocycles. The highest BCUT2D eigenvalue weighted by Gasteiger charge is 2.36. The number of Topliss-reactive ketones (excluding diaryl/α,β-unsaturated/α-hetero) is 1. The van der Waals surface area contributed by atoms with E-state index in [9.17, 15) is 22.8 Å². The molecule has 6 rings (SSSR count). The van der Waals surface area contributed by atoms with Crippen molar-refractivity contribution in [3.63, 3.8) is 0 Å². The standard InChI is InChI=1S/C33H31N5O6S/c34-15-4-18-45(42,43)23-11-8-21(9-12-23)22-10-13-26-25(19-22)24(14-16-35-26)32(41)36-20-30(39)38-17-3-6-28(38)31(40)33-37-27-5-1-2-7-29(27)44-33/h1-2,5,7-14,16,19,28H,3-4,6,15,17-18,20,34H2,(H,36,41)/t28-/m0/s1. The van der Waals surface area contributed by atoms with E-state index < -0.39 is 21.8 Å². The number of aromatic nitrogens is 2. The van der Waals surface area contributed by atoms with Crippen molar-refractivity contribution >= 4 is 49.4 Å². The van der Waals surface area contributed by atoms with Gasteiger partial charge in [0.2, 0.25) is 11.7 Å². The molecule has 230 valence electrons. The van der Waals surface area contributed by atoms with Gasteiger partial charge in [-0.2, -0.15) is 0 Å². The van der Waals surface area contributed by atoms with Crippen LogP contribution < -0.4 is 11.1 Å². The molecule has 1 atom stereocenters. The molecule has 11 nitrogen and oxygen atoms in total. The molecule has 0 spiro atoms. The number of nitrogens with one attached hydrogen (secondary N) is 1. The maximum Gasteiger partial charge on any atom is 0.266 e. The van der Waals surface area contributed by atoms with E-state index in [1.807, 2.05) is 12.1 Å². The predicted octanol–water partition coefficient (Wildman–Crippen LogP) is 3.77. The number of hydrogen-bond donors (Lipinski definition) is 2. The van der Waals surface area contributed by atoms with Crippen LogP contribution in [0, 0.1) is 0 Å². The van der Waals surface area contributed by atoms with Crippen molar-refractivity contribution in [1.82, 2.24) is 20.2 Å². The molecule has 3 aromatic carbocycles. The average molecular weight is 626 g/mol. The zero-order valence-electron chi connectivity index (χ0n) is 24.3. The molecule has 0 unspecified atom stereocenters. The summed E-state index contributed by atoms with van der Waals surface area (Å²) in [7, 11) is -3.42. The van der Waals surface area contributed by atoms with Crippen LogP contribution in [0.4, 0.5) is 0 Å². The Hall–Kier alpha value is -4.94. The number of pyridine rings is 1.